The lowest BCUT2D eigenvalue weighted by atomic mass is 10.0. The number of amides is 2. The lowest BCUT2D eigenvalue weighted by Gasteiger charge is -2.17. The lowest BCUT2D eigenvalue weighted by Crippen LogP contribution is -2.30. The molecule has 0 N–H and O–H groups in total. The van der Waals surface area contributed by atoms with Crippen molar-refractivity contribution in [3.63, 3.8) is 0 Å². The van der Waals surface area contributed by atoms with Crippen LogP contribution in [-0.4, -0.2) is 23.8 Å². The van der Waals surface area contributed by atoms with Gasteiger partial charge in [0.25, 0.3) is 11.8 Å². The van der Waals surface area contributed by atoms with Crippen LogP contribution in [0.1, 0.15) is 22.3 Å². The van der Waals surface area contributed by atoms with Gasteiger partial charge in [0.2, 0.25) is 0 Å². The van der Waals surface area contributed by atoms with Gasteiger partial charge in [0.05, 0.1) is 19.2 Å². The molecule has 0 bridgehead atoms. The third kappa shape index (κ3) is 3.05. The van der Waals surface area contributed by atoms with E-state index in [1.165, 1.54) is 0 Å². The first-order valence-electron chi connectivity index (χ1n) is 7.89. The summed E-state index contributed by atoms with van der Waals surface area (Å²) < 4.78 is 5.30. The van der Waals surface area contributed by atoms with E-state index in [4.69, 9.17) is 16.3 Å². The predicted octanol–water partition coefficient (Wildman–Crippen LogP) is 3.83. The highest BCUT2D eigenvalue weighted by atomic mass is 35.5. The minimum absolute atomic E-state index is 0.0387. The first kappa shape index (κ1) is 17.2. The molecule has 1 aliphatic heterocycles. The number of halogens is 1. The molecule has 1 aliphatic rings. The van der Waals surface area contributed by atoms with Gasteiger partial charge in [0.1, 0.15) is 10.8 Å². The Balaban J connectivity index is 1.95. The normalized spacial score (nSPS) is 14.5. The Morgan fingerprint density at radius 1 is 1.00 bits per heavy atom. The van der Waals surface area contributed by atoms with Gasteiger partial charge < -0.3 is 4.74 Å². The molecule has 128 valence electrons. The first-order chi connectivity index (χ1) is 11.9. The molecule has 2 aromatic rings. The fourth-order valence-electron chi connectivity index (χ4n) is 2.84. The summed E-state index contributed by atoms with van der Waals surface area (Å²) >= 11 is 6.22. The van der Waals surface area contributed by atoms with Gasteiger partial charge in [-0.15, -0.1) is 0 Å². The van der Waals surface area contributed by atoms with Crippen molar-refractivity contribution < 1.29 is 14.3 Å². The highest BCUT2D eigenvalue weighted by Gasteiger charge is 2.38. The van der Waals surface area contributed by atoms with E-state index in [0.29, 0.717) is 11.3 Å². The third-order valence-corrected chi connectivity index (χ3v) is 4.78. The fourth-order valence-corrected chi connectivity index (χ4v) is 3.13. The first-order valence-corrected chi connectivity index (χ1v) is 8.27. The van der Waals surface area contributed by atoms with Crippen LogP contribution in [0.3, 0.4) is 0 Å². The van der Waals surface area contributed by atoms with Crippen molar-refractivity contribution in [3.05, 3.63) is 69.8 Å². The number of nitrogens with zero attached hydrogens (tertiary/aromatic N) is 1. The maximum atomic E-state index is 12.8. The Bertz CT molecular complexity index is 902. The molecule has 0 saturated heterocycles. The van der Waals surface area contributed by atoms with Gasteiger partial charge in [-0.3, -0.25) is 14.5 Å². The van der Waals surface area contributed by atoms with E-state index < -0.39 is 5.91 Å². The van der Waals surface area contributed by atoms with E-state index in [-0.39, 0.29) is 23.1 Å². The standard InChI is InChI=1S/C20H18ClNO3/c1-12-8-9-14(10-13(12)2)17-18(21)20(24)22(19(17)23)11-15-6-4-5-7-16(15)25-3/h4-10H,11H2,1-3H3. The third-order valence-electron chi connectivity index (χ3n) is 4.43. The second kappa shape index (κ2) is 6.73. The van der Waals surface area contributed by atoms with Crippen LogP contribution in [-0.2, 0) is 16.1 Å². The monoisotopic (exact) mass is 355 g/mol. The van der Waals surface area contributed by atoms with Crippen LogP contribution in [0.4, 0.5) is 0 Å². The number of imide groups is 1. The van der Waals surface area contributed by atoms with Crippen LogP contribution in [0.2, 0.25) is 0 Å². The Hall–Kier alpha value is -2.59. The summed E-state index contributed by atoms with van der Waals surface area (Å²) in [6.07, 6.45) is 0. The number of ether oxygens (including phenoxy) is 1. The van der Waals surface area contributed by atoms with Crippen molar-refractivity contribution in [3.8, 4) is 5.75 Å². The van der Waals surface area contributed by atoms with Crippen LogP contribution in [0.5, 0.6) is 5.75 Å². The molecular formula is C20H18ClNO3. The summed E-state index contributed by atoms with van der Waals surface area (Å²) in [6.45, 7) is 4.07. The maximum absolute atomic E-state index is 12.8. The van der Waals surface area contributed by atoms with Gasteiger partial charge in [-0.05, 0) is 36.6 Å². The topological polar surface area (TPSA) is 46.6 Å². The molecule has 0 saturated carbocycles. The highest BCUT2D eigenvalue weighted by molar-refractivity contribution is 6.55. The zero-order valence-corrected chi connectivity index (χ0v) is 15.1. The highest BCUT2D eigenvalue weighted by Crippen LogP contribution is 2.34. The van der Waals surface area contributed by atoms with Crippen molar-refractivity contribution in [2.75, 3.05) is 7.11 Å². The average Bonchev–Trinajstić information content (AvgIpc) is 2.81. The van der Waals surface area contributed by atoms with E-state index in [1.807, 2.05) is 50.2 Å². The number of carbonyl (C=O) groups excluding carboxylic acids is 2. The Morgan fingerprint density at radius 2 is 1.72 bits per heavy atom. The van der Waals surface area contributed by atoms with Crippen LogP contribution < -0.4 is 4.74 Å². The number of para-hydroxylation sites is 1. The number of hydrogen-bond donors (Lipinski definition) is 0. The minimum Gasteiger partial charge on any atom is -0.496 e. The molecule has 0 atom stereocenters. The quantitative estimate of drug-likeness (QED) is 0.783. The molecule has 4 nitrogen and oxygen atoms in total. The molecule has 0 spiro atoms. The molecule has 5 heteroatoms. The number of aryl methyl sites for hydroxylation is 2. The molecule has 0 aromatic heterocycles. The Kier molecular flexibility index (Phi) is 4.64. The Morgan fingerprint density at radius 3 is 2.40 bits per heavy atom. The van der Waals surface area contributed by atoms with Crippen LogP contribution in [0.25, 0.3) is 5.57 Å². The van der Waals surface area contributed by atoms with Gasteiger partial charge in [-0.2, -0.15) is 0 Å². The molecule has 0 unspecified atom stereocenters. The molecule has 0 radical (unpaired) electrons. The summed E-state index contributed by atoms with van der Waals surface area (Å²) in [6, 6.07) is 12.9. The number of methoxy groups -OCH3 is 1. The summed E-state index contributed by atoms with van der Waals surface area (Å²) in [5, 5.41) is -0.0387. The lowest BCUT2D eigenvalue weighted by molar-refractivity contribution is -0.137. The second-order valence-corrected chi connectivity index (χ2v) is 6.37. The molecular weight excluding hydrogens is 338 g/mol. The molecule has 0 aliphatic carbocycles. The van der Waals surface area contributed by atoms with Crippen LogP contribution >= 0.6 is 11.6 Å². The van der Waals surface area contributed by atoms with E-state index >= 15 is 0 Å². The van der Waals surface area contributed by atoms with Crippen LogP contribution in [0.15, 0.2) is 47.5 Å². The maximum Gasteiger partial charge on any atom is 0.273 e. The van der Waals surface area contributed by atoms with E-state index in [2.05, 4.69) is 0 Å². The SMILES string of the molecule is COc1ccccc1CN1C(=O)C(Cl)=C(c2ccc(C)c(C)c2)C1=O. The second-order valence-electron chi connectivity index (χ2n) is 6.00. The smallest absolute Gasteiger partial charge is 0.273 e. The van der Waals surface area contributed by atoms with Crippen molar-refractivity contribution in [1.82, 2.24) is 4.90 Å². The largest absolute Gasteiger partial charge is 0.496 e. The van der Waals surface area contributed by atoms with E-state index in [0.717, 1.165) is 21.6 Å². The summed E-state index contributed by atoms with van der Waals surface area (Å²) in [7, 11) is 1.55. The van der Waals surface area contributed by atoms with Gasteiger partial charge in [-0.1, -0.05) is 48.0 Å². The summed E-state index contributed by atoms with van der Waals surface area (Å²) in [4.78, 5) is 26.5. The molecule has 25 heavy (non-hydrogen) atoms. The van der Waals surface area contributed by atoms with E-state index in [9.17, 15) is 9.59 Å². The summed E-state index contributed by atoms with van der Waals surface area (Å²) in [5.41, 5.74) is 3.82. The van der Waals surface area contributed by atoms with E-state index in [1.54, 1.807) is 13.2 Å². The van der Waals surface area contributed by atoms with Crippen molar-refractivity contribution in [2.45, 2.75) is 20.4 Å². The fraction of sp³-hybridized carbons (Fsp3) is 0.200. The Labute approximate surface area is 151 Å². The number of rotatable bonds is 4. The zero-order valence-electron chi connectivity index (χ0n) is 14.3. The zero-order chi connectivity index (χ0) is 18.1. The molecule has 1 heterocycles. The predicted molar refractivity (Wildman–Crippen MR) is 97.2 cm³/mol. The van der Waals surface area contributed by atoms with Gasteiger partial charge in [0, 0.05) is 5.56 Å². The molecule has 0 fully saturated rings. The van der Waals surface area contributed by atoms with Crippen molar-refractivity contribution in [2.24, 2.45) is 0 Å². The number of carbonyl (C=O) groups is 2. The van der Waals surface area contributed by atoms with Gasteiger partial charge >= 0.3 is 0 Å². The van der Waals surface area contributed by atoms with Crippen LogP contribution in [0, 0.1) is 13.8 Å². The number of benzene rings is 2. The van der Waals surface area contributed by atoms with Gasteiger partial charge in [0.15, 0.2) is 0 Å². The van der Waals surface area contributed by atoms with Gasteiger partial charge in [-0.25, -0.2) is 0 Å². The van der Waals surface area contributed by atoms with Crippen molar-refractivity contribution >= 4 is 29.0 Å². The summed E-state index contributed by atoms with van der Waals surface area (Å²) in [5.74, 6) is -0.242. The van der Waals surface area contributed by atoms with Crippen molar-refractivity contribution in [1.29, 1.82) is 0 Å². The molecule has 2 aromatic carbocycles. The molecule has 2 amide bonds. The average molecular weight is 356 g/mol. The molecule has 3 rings (SSSR count). The minimum atomic E-state index is -0.481. The number of hydrogen-bond acceptors (Lipinski definition) is 3.